The van der Waals surface area contributed by atoms with Gasteiger partial charge in [0.2, 0.25) is 5.95 Å². The van der Waals surface area contributed by atoms with E-state index in [1.807, 2.05) is 24.4 Å². The average molecular weight is 391 g/mol. The summed E-state index contributed by atoms with van der Waals surface area (Å²) < 4.78 is 11.2. The first-order valence-electron chi connectivity index (χ1n) is 10.2. The van der Waals surface area contributed by atoms with Crippen LogP contribution in [-0.4, -0.2) is 67.1 Å². The van der Waals surface area contributed by atoms with Crippen molar-refractivity contribution in [1.82, 2.24) is 15.0 Å². The molecule has 2 saturated heterocycles. The number of ether oxygens (including phenoxy) is 2. The maximum absolute atomic E-state index is 5.61. The number of nitrogens with zero attached hydrogens (tertiary/aromatic N) is 5. The molecule has 3 aromatic rings. The van der Waals surface area contributed by atoms with E-state index in [1.165, 1.54) is 0 Å². The van der Waals surface area contributed by atoms with Gasteiger partial charge in [-0.15, -0.1) is 0 Å². The van der Waals surface area contributed by atoms with Crippen LogP contribution >= 0.6 is 0 Å². The third-order valence-electron chi connectivity index (χ3n) is 5.55. The average Bonchev–Trinajstić information content (AvgIpc) is 2.79. The van der Waals surface area contributed by atoms with Crippen LogP contribution in [0.4, 0.5) is 11.8 Å². The van der Waals surface area contributed by atoms with E-state index in [4.69, 9.17) is 24.4 Å². The Hall–Kier alpha value is -2.77. The van der Waals surface area contributed by atoms with Crippen LogP contribution in [0.1, 0.15) is 6.92 Å². The summed E-state index contributed by atoms with van der Waals surface area (Å²) in [5.41, 5.74) is 2.93. The molecule has 0 aliphatic carbocycles. The molecule has 150 valence electrons. The van der Waals surface area contributed by atoms with E-state index in [-0.39, 0.29) is 6.04 Å². The molecule has 1 aromatic carbocycles. The van der Waals surface area contributed by atoms with Crippen molar-refractivity contribution in [3.8, 4) is 11.3 Å². The van der Waals surface area contributed by atoms with Crippen LogP contribution in [0.15, 0.2) is 42.6 Å². The number of morpholine rings is 2. The zero-order chi connectivity index (χ0) is 19.6. The molecule has 7 heteroatoms. The summed E-state index contributed by atoms with van der Waals surface area (Å²) in [6.45, 7) is 7.42. The Morgan fingerprint density at radius 3 is 2.55 bits per heavy atom. The van der Waals surface area contributed by atoms with Crippen molar-refractivity contribution >= 4 is 22.7 Å². The Balaban J connectivity index is 1.64. The highest BCUT2D eigenvalue weighted by atomic mass is 16.5. The first kappa shape index (κ1) is 18.3. The molecule has 7 nitrogen and oxygen atoms in total. The van der Waals surface area contributed by atoms with Crippen molar-refractivity contribution < 1.29 is 9.47 Å². The number of rotatable bonds is 3. The van der Waals surface area contributed by atoms with E-state index in [2.05, 4.69) is 34.9 Å². The molecule has 0 N–H and O–H groups in total. The first-order chi connectivity index (χ1) is 14.3. The molecule has 2 fully saturated rings. The predicted molar refractivity (Wildman–Crippen MR) is 113 cm³/mol. The minimum atomic E-state index is 0.245. The second kappa shape index (κ2) is 7.93. The maximum Gasteiger partial charge on any atom is 0.228 e. The lowest BCUT2D eigenvalue weighted by atomic mass is 10.1. The maximum atomic E-state index is 5.61. The van der Waals surface area contributed by atoms with Crippen molar-refractivity contribution in [2.75, 3.05) is 55.9 Å². The molecule has 0 bridgehead atoms. The Kier molecular flexibility index (Phi) is 4.99. The second-order valence-corrected chi connectivity index (χ2v) is 7.52. The van der Waals surface area contributed by atoms with Crippen molar-refractivity contribution in [3.63, 3.8) is 0 Å². The van der Waals surface area contributed by atoms with Crippen LogP contribution in [0.25, 0.3) is 22.2 Å². The number of benzene rings is 1. The summed E-state index contributed by atoms with van der Waals surface area (Å²) in [6.07, 6.45) is 1.91. The number of pyridine rings is 1. The molecule has 29 heavy (non-hydrogen) atoms. The first-order valence-corrected chi connectivity index (χ1v) is 10.2. The molecule has 0 spiro atoms. The molecule has 1 unspecified atom stereocenters. The summed E-state index contributed by atoms with van der Waals surface area (Å²) >= 11 is 0. The monoisotopic (exact) mass is 391 g/mol. The molecule has 5 rings (SSSR count). The predicted octanol–water partition coefficient (Wildman–Crippen LogP) is 2.75. The summed E-state index contributed by atoms with van der Waals surface area (Å²) in [5.74, 6) is 1.71. The number of fused-ring (bicyclic) bond motifs is 1. The minimum Gasteiger partial charge on any atom is -0.378 e. The molecular weight excluding hydrogens is 366 g/mol. The lowest BCUT2D eigenvalue weighted by Gasteiger charge is -2.35. The number of hydrogen-bond acceptors (Lipinski definition) is 7. The normalized spacial score (nSPS) is 20.2. The van der Waals surface area contributed by atoms with E-state index in [1.54, 1.807) is 0 Å². The number of aromatic nitrogens is 3. The van der Waals surface area contributed by atoms with Crippen LogP contribution in [0.3, 0.4) is 0 Å². The molecule has 2 aliphatic rings. The lowest BCUT2D eigenvalue weighted by molar-refractivity contribution is 0.0981. The summed E-state index contributed by atoms with van der Waals surface area (Å²) in [5, 5.41) is 0.983. The van der Waals surface area contributed by atoms with Crippen molar-refractivity contribution in [3.05, 3.63) is 42.6 Å². The quantitative estimate of drug-likeness (QED) is 0.680. The highest BCUT2D eigenvalue weighted by Crippen LogP contribution is 2.30. The fourth-order valence-electron chi connectivity index (χ4n) is 3.93. The summed E-state index contributed by atoms with van der Waals surface area (Å²) in [4.78, 5) is 19.2. The van der Waals surface area contributed by atoms with Gasteiger partial charge in [-0.25, -0.2) is 4.98 Å². The third kappa shape index (κ3) is 3.63. The second-order valence-electron chi connectivity index (χ2n) is 7.52. The van der Waals surface area contributed by atoms with E-state index < -0.39 is 0 Å². The largest absolute Gasteiger partial charge is 0.378 e. The van der Waals surface area contributed by atoms with E-state index in [0.717, 1.165) is 53.6 Å². The highest BCUT2D eigenvalue weighted by Gasteiger charge is 2.25. The van der Waals surface area contributed by atoms with Crippen LogP contribution in [0.2, 0.25) is 0 Å². The number of anilines is 2. The van der Waals surface area contributed by atoms with Crippen LogP contribution < -0.4 is 9.80 Å². The SMILES string of the molecule is CC1COCCN1c1nc(N2CCOCC2)c2cnc(-c3ccccc3)cc2n1. The highest BCUT2D eigenvalue weighted by molar-refractivity contribution is 5.92. The third-order valence-corrected chi connectivity index (χ3v) is 5.55. The van der Waals surface area contributed by atoms with Gasteiger partial charge in [0.15, 0.2) is 0 Å². The van der Waals surface area contributed by atoms with Gasteiger partial charge >= 0.3 is 0 Å². The summed E-state index contributed by atoms with van der Waals surface area (Å²) in [6, 6.07) is 12.5. The van der Waals surface area contributed by atoms with E-state index in [0.29, 0.717) is 26.4 Å². The molecule has 2 aromatic heterocycles. The van der Waals surface area contributed by atoms with Crippen LogP contribution in [0.5, 0.6) is 0 Å². The van der Waals surface area contributed by atoms with Crippen LogP contribution in [-0.2, 0) is 9.47 Å². The van der Waals surface area contributed by atoms with Gasteiger partial charge in [0.1, 0.15) is 5.82 Å². The van der Waals surface area contributed by atoms with Gasteiger partial charge in [-0.2, -0.15) is 4.98 Å². The molecule has 0 amide bonds. The van der Waals surface area contributed by atoms with Crippen molar-refractivity contribution in [1.29, 1.82) is 0 Å². The molecule has 0 saturated carbocycles. The molecule has 1 atom stereocenters. The molecule has 0 radical (unpaired) electrons. The van der Waals surface area contributed by atoms with Gasteiger partial charge in [0.25, 0.3) is 0 Å². The number of hydrogen-bond donors (Lipinski definition) is 0. The Labute approximate surface area is 170 Å². The van der Waals surface area contributed by atoms with Crippen molar-refractivity contribution in [2.45, 2.75) is 13.0 Å². The van der Waals surface area contributed by atoms with Gasteiger partial charge in [-0.05, 0) is 13.0 Å². The topological polar surface area (TPSA) is 63.6 Å². The lowest BCUT2D eigenvalue weighted by Crippen LogP contribution is -2.45. The zero-order valence-electron chi connectivity index (χ0n) is 16.6. The van der Waals surface area contributed by atoms with Gasteiger partial charge < -0.3 is 19.3 Å². The smallest absolute Gasteiger partial charge is 0.228 e. The van der Waals surface area contributed by atoms with E-state index in [9.17, 15) is 0 Å². The molecular formula is C22H25N5O2. The van der Waals surface area contributed by atoms with Gasteiger partial charge in [-0.1, -0.05) is 30.3 Å². The summed E-state index contributed by atoms with van der Waals surface area (Å²) in [7, 11) is 0. The standard InChI is InChI=1S/C22H25N5O2/c1-16-15-29-12-9-27(16)22-24-20-13-19(17-5-3-2-4-6-17)23-14-18(20)21(25-22)26-7-10-28-11-8-26/h2-6,13-14,16H,7-12,15H2,1H3. The Morgan fingerprint density at radius 1 is 0.966 bits per heavy atom. The minimum absolute atomic E-state index is 0.245. The van der Waals surface area contributed by atoms with E-state index >= 15 is 0 Å². The van der Waals surface area contributed by atoms with Crippen LogP contribution in [0, 0.1) is 0 Å². The van der Waals surface area contributed by atoms with Gasteiger partial charge in [-0.3, -0.25) is 4.98 Å². The van der Waals surface area contributed by atoms with Crippen molar-refractivity contribution in [2.24, 2.45) is 0 Å². The van der Waals surface area contributed by atoms with Gasteiger partial charge in [0.05, 0.1) is 49.1 Å². The zero-order valence-corrected chi connectivity index (χ0v) is 16.6. The fourth-order valence-corrected chi connectivity index (χ4v) is 3.93. The molecule has 4 heterocycles. The fraction of sp³-hybridized carbons (Fsp3) is 0.409. The Bertz CT molecular complexity index is 991. The van der Waals surface area contributed by atoms with Gasteiger partial charge in [0, 0.05) is 31.4 Å². The Morgan fingerprint density at radius 2 is 1.76 bits per heavy atom. The molecule has 2 aliphatic heterocycles.